The fraction of sp³-hybridized carbons (Fsp3) is 0.250. The predicted molar refractivity (Wildman–Crippen MR) is 132 cm³/mol. The molecule has 0 spiro atoms. The fourth-order valence-electron chi connectivity index (χ4n) is 4.34. The maximum atomic E-state index is 14.5. The Labute approximate surface area is 207 Å². The molecule has 2 aromatic heterocycles. The Hall–Kier alpha value is -3.12. The first-order valence-electron chi connectivity index (χ1n) is 10.6. The van der Waals surface area contributed by atoms with Crippen molar-refractivity contribution in [3.63, 3.8) is 0 Å². The average Bonchev–Trinajstić information content (AvgIpc) is 3.12. The quantitative estimate of drug-likeness (QED) is 0.379. The first-order valence-corrected chi connectivity index (χ1v) is 11.7. The van der Waals surface area contributed by atoms with Gasteiger partial charge in [-0.15, -0.1) is 0 Å². The summed E-state index contributed by atoms with van der Waals surface area (Å²) in [5.74, 6) is -0.363. The van der Waals surface area contributed by atoms with E-state index >= 15 is 0 Å². The van der Waals surface area contributed by atoms with Crippen molar-refractivity contribution >= 4 is 39.5 Å². The van der Waals surface area contributed by atoms with Crippen LogP contribution in [0.15, 0.2) is 53.3 Å². The number of benzene rings is 2. The Kier molecular flexibility index (Phi) is 5.52. The number of hydrogen-bond donors (Lipinski definition) is 1. The molecule has 174 valence electrons. The molecule has 10 heteroatoms. The Balaban J connectivity index is 1.43. The number of aromatic nitrogens is 4. The van der Waals surface area contributed by atoms with Crippen LogP contribution in [0, 0.1) is 9.39 Å². The Morgan fingerprint density at radius 1 is 1.15 bits per heavy atom. The van der Waals surface area contributed by atoms with Crippen LogP contribution in [-0.2, 0) is 26.1 Å². The molecule has 8 nitrogen and oxygen atoms in total. The summed E-state index contributed by atoms with van der Waals surface area (Å²) in [5, 5.41) is 15.4. The first-order chi connectivity index (χ1) is 16.2. The van der Waals surface area contributed by atoms with E-state index in [1.54, 1.807) is 12.1 Å². The molecule has 0 unspecified atom stereocenters. The molecule has 1 aliphatic rings. The number of imidazole rings is 1. The lowest BCUT2D eigenvalue weighted by Crippen LogP contribution is -2.62. The van der Waals surface area contributed by atoms with Gasteiger partial charge in [0, 0.05) is 30.2 Å². The summed E-state index contributed by atoms with van der Waals surface area (Å²) < 4.78 is 18.1. The molecule has 1 aliphatic heterocycles. The normalized spacial score (nSPS) is 14.9. The van der Waals surface area contributed by atoms with Crippen molar-refractivity contribution in [1.29, 1.82) is 0 Å². The minimum absolute atomic E-state index is 0.0326. The molecular formula is C24H21FIN5O3. The van der Waals surface area contributed by atoms with Gasteiger partial charge in [0.1, 0.15) is 11.6 Å². The minimum Gasteiger partial charge on any atom is -0.378 e. The minimum atomic E-state index is -1.30. The topological polar surface area (TPSA) is 93.2 Å². The summed E-state index contributed by atoms with van der Waals surface area (Å²) >= 11 is 2.02. The van der Waals surface area contributed by atoms with Gasteiger partial charge in [0.25, 0.3) is 11.5 Å². The number of hydrogen-bond acceptors (Lipinski definition) is 5. The van der Waals surface area contributed by atoms with Crippen molar-refractivity contribution in [3.05, 3.63) is 90.9 Å². The molecule has 4 aromatic rings. The van der Waals surface area contributed by atoms with Crippen LogP contribution >= 0.6 is 22.6 Å². The molecule has 2 aromatic carbocycles. The van der Waals surface area contributed by atoms with Gasteiger partial charge in [-0.2, -0.15) is 5.10 Å². The van der Waals surface area contributed by atoms with Crippen LogP contribution in [0.3, 0.4) is 0 Å². The highest BCUT2D eigenvalue weighted by Crippen LogP contribution is 2.34. The van der Waals surface area contributed by atoms with Crippen molar-refractivity contribution in [2.24, 2.45) is 14.1 Å². The van der Waals surface area contributed by atoms with Crippen molar-refractivity contribution in [3.8, 4) is 0 Å². The van der Waals surface area contributed by atoms with Crippen LogP contribution in [0.5, 0.6) is 0 Å². The largest absolute Gasteiger partial charge is 0.378 e. The molecular weight excluding hydrogens is 552 g/mol. The van der Waals surface area contributed by atoms with Gasteiger partial charge in [0.15, 0.2) is 11.3 Å². The zero-order valence-electron chi connectivity index (χ0n) is 18.5. The van der Waals surface area contributed by atoms with Gasteiger partial charge in [-0.05, 0) is 58.0 Å². The third kappa shape index (κ3) is 3.80. The number of amides is 1. The lowest BCUT2D eigenvalue weighted by atomic mass is 9.92. The second-order valence-electron chi connectivity index (χ2n) is 8.57. The number of para-hydroxylation sites is 2. The second kappa shape index (κ2) is 8.27. The van der Waals surface area contributed by atoms with Crippen molar-refractivity contribution in [1.82, 2.24) is 24.2 Å². The summed E-state index contributed by atoms with van der Waals surface area (Å²) in [6, 6.07) is 13.7. The predicted octanol–water partition coefficient (Wildman–Crippen LogP) is 2.35. The van der Waals surface area contributed by atoms with Gasteiger partial charge >= 0.3 is 0 Å². The molecule has 1 saturated heterocycles. The van der Waals surface area contributed by atoms with E-state index in [9.17, 15) is 19.1 Å². The summed E-state index contributed by atoms with van der Waals surface area (Å²) in [4.78, 5) is 31.6. The third-order valence-corrected chi connectivity index (χ3v) is 6.84. The third-order valence-electron chi connectivity index (χ3n) is 6.16. The van der Waals surface area contributed by atoms with Crippen molar-refractivity contribution in [2.75, 3.05) is 13.1 Å². The number of β-amino-alcohol motifs (C(OH)–C–C–N with tert-alkyl or cyclic N) is 1. The highest BCUT2D eigenvalue weighted by atomic mass is 127. The van der Waals surface area contributed by atoms with E-state index in [2.05, 4.69) is 10.1 Å². The Morgan fingerprint density at radius 2 is 1.88 bits per heavy atom. The Bertz CT molecular complexity index is 1510. The number of nitrogens with zero attached hydrogens (tertiary/aromatic N) is 5. The standard InChI is InChI=1S/C24H21FIN5O3/c1-29-19-6-4-3-5-18(19)27-23(29)24(34)12-31(13-24)22(33)21-15(10-20(32)30(2)28-21)9-14-7-8-16(26)11-17(14)25/h3-8,10-11,34H,9,12-13H2,1-2H3. The van der Waals surface area contributed by atoms with Crippen LogP contribution in [0.4, 0.5) is 4.39 Å². The monoisotopic (exact) mass is 573 g/mol. The summed E-state index contributed by atoms with van der Waals surface area (Å²) in [5.41, 5.74) is 0.726. The summed E-state index contributed by atoms with van der Waals surface area (Å²) in [6.45, 7) is 0.0652. The van der Waals surface area contributed by atoms with Crippen molar-refractivity contribution in [2.45, 2.75) is 12.0 Å². The maximum Gasteiger partial charge on any atom is 0.274 e. The lowest BCUT2D eigenvalue weighted by molar-refractivity contribution is -0.0938. The van der Waals surface area contributed by atoms with Gasteiger partial charge < -0.3 is 14.6 Å². The SMILES string of the molecule is Cn1nc(C(=O)N2CC(O)(c3nc4ccccc4n3C)C2)c(Cc2ccc(I)cc2F)cc1=O. The summed E-state index contributed by atoms with van der Waals surface area (Å²) in [7, 11) is 3.29. The van der Waals surface area contributed by atoms with Gasteiger partial charge in [-0.3, -0.25) is 9.59 Å². The number of carbonyl (C=O) groups is 1. The molecule has 0 radical (unpaired) electrons. The zero-order valence-corrected chi connectivity index (χ0v) is 20.7. The molecule has 5 rings (SSSR count). The van der Waals surface area contributed by atoms with Gasteiger partial charge in [0.05, 0.1) is 24.1 Å². The first kappa shape index (κ1) is 22.7. The highest BCUT2D eigenvalue weighted by Gasteiger charge is 2.49. The zero-order chi connectivity index (χ0) is 24.2. The maximum absolute atomic E-state index is 14.5. The molecule has 0 aliphatic carbocycles. The van der Waals surface area contributed by atoms with E-state index in [-0.39, 0.29) is 25.2 Å². The van der Waals surface area contributed by atoms with E-state index in [0.717, 1.165) is 19.3 Å². The fourth-order valence-corrected chi connectivity index (χ4v) is 4.79. The van der Waals surface area contributed by atoms with Gasteiger partial charge in [-0.25, -0.2) is 14.1 Å². The van der Waals surface area contributed by atoms with Crippen molar-refractivity contribution < 1.29 is 14.3 Å². The number of rotatable bonds is 4. The smallest absolute Gasteiger partial charge is 0.274 e. The van der Waals surface area contributed by atoms with Crippen LogP contribution in [-0.4, -0.2) is 48.3 Å². The number of carbonyl (C=O) groups excluding carboxylic acids is 1. The van der Waals surface area contributed by atoms with Gasteiger partial charge in [-0.1, -0.05) is 18.2 Å². The molecule has 3 heterocycles. The van der Waals surface area contributed by atoms with Crippen LogP contribution in [0.25, 0.3) is 11.0 Å². The molecule has 1 fully saturated rings. The number of halogens is 2. The average molecular weight is 573 g/mol. The van der Waals surface area contributed by atoms with Crippen LogP contribution in [0.2, 0.25) is 0 Å². The Morgan fingerprint density at radius 3 is 2.59 bits per heavy atom. The van der Waals surface area contributed by atoms with Crippen LogP contribution in [0.1, 0.15) is 27.4 Å². The van der Waals surface area contributed by atoms with Crippen LogP contribution < -0.4 is 5.56 Å². The molecule has 0 bridgehead atoms. The molecule has 1 N–H and O–H groups in total. The second-order valence-corrected chi connectivity index (χ2v) is 9.81. The van der Waals surface area contributed by atoms with Gasteiger partial charge in [0.2, 0.25) is 0 Å². The van der Waals surface area contributed by atoms with E-state index in [1.807, 2.05) is 58.5 Å². The van der Waals surface area contributed by atoms with E-state index in [4.69, 9.17) is 0 Å². The van der Waals surface area contributed by atoms with E-state index < -0.39 is 22.9 Å². The molecule has 0 atom stereocenters. The van der Waals surface area contributed by atoms with E-state index in [0.29, 0.717) is 17.0 Å². The molecule has 0 saturated carbocycles. The number of aryl methyl sites for hydroxylation is 2. The number of fused-ring (bicyclic) bond motifs is 1. The molecule has 1 amide bonds. The number of likely N-dealkylation sites (tertiary alicyclic amines) is 1. The summed E-state index contributed by atoms with van der Waals surface area (Å²) in [6.07, 6.45) is 0.0514. The molecule has 34 heavy (non-hydrogen) atoms. The number of aliphatic hydroxyl groups is 1. The lowest BCUT2D eigenvalue weighted by Gasteiger charge is -2.45. The highest BCUT2D eigenvalue weighted by molar-refractivity contribution is 14.1. The van der Waals surface area contributed by atoms with E-state index in [1.165, 1.54) is 24.1 Å².